The number of thiazole rings is 1. The van der Waals surface area contributed by atoms with Crippen molar-refractivity contribution < 1.29 is 9.53 Å². The third kappa shape index (κ3) is 2.34. The van der Waals surface area contributed by atoms with Crippen LogP contribution in [0.25, 0.3) is 0 Å². The summed E-state index contributed by atoms with van der Waals surface area (Å²) in [4.78, 5) is 15.7. The van der Waals surface area contributed by atoms with Crippen LogP contribution < -0.4 is 5.32 Å². The SMILES string of the molecule is COC(=O)c1cnc(Nc2ccsc2)s1. The number of hydrogen-bond donors (Lipinski definition) is 1. The summed E-state index contributed by atoms with van der Waals surface area (Å²) in [6.07, 6.45) is 1.51. The van der Waals surface area contributed by atoms with Crippen molar-refractivity contribution in [2.75, 3.05) is 12.4 Å². The molecular formula is C9H8N2O2S2. The van der Waals surface area contributed by atoms with E-state index in [2.05, 4.69) is 15.0 Å². The summed E-state index contributed by atoms with van der Waals surface area (Å²) in [5.41, 5.74) is 0.978. The highest BCUT2D eigenvalue weighted by Gasteiger charge is 2.10. The Labute approximate surface area is 94.5 Å². The molecule has 0 aromatic carbocycles. The molecule has 2 aromatic rings. The van der Waals surface area contributed by atoms with Gasteiger partial charge in [0.1, 0.15) is 4.88 Å². The molecular weight excluding hydrogens is 232 g/mol. The van der Waals surface area contributed by atoms with Crippen LogP contribution in [0.15, 0.2) is 23.0 Å². The van der Waals surface area contributed by atoms with Gasteiger partial charge in [-0.15, -0.1) is 0 Å². The smallest absolute Gasteiger partial charge is 0.349 e. The highest BCUT2D eigenvalue weighted by atomic mass is 32.1. The zero-order valence-electron chi connectivity index (χ0n) is 7.89. The van der Waals surface area contributed by atoms with Gasteiger partial charge < -0.3 is 10.1 Å². The lowest BCUT2D eigenvalue weighted by atomic mass is 10.5. The van der Waals surface area contributed by atoms with Crippen molar-refractivity contribution in [1.82, 2.24) is 4.98 Å². The first-order valence-corrected chi connectivity index (χ1v) is 5.89. The number of thiophene rings is 1. The van der Waals surface area contributed by atoms with Gasteiger partial charge in [0.25, 0.3) is 0 Å². The Morgan fingerprint density at radius 3 is 3.13 bits per heavy atom. The van der Waals surface area contributed by atoms with Crippen molar-refractivity contribution in [2.24, 2.45) is 0 Å². The molecule has 2 aromatic heterocycles. The van der Waals surface area contributed by atoms with E-state index in [1.54, 1.807) is 11.3 Å². The Bertz CT molecular complexity index is 450. The molecule has 4 nitrogen and oxygen atoms in total. The summed E-state index contributed by atoms with van der Waals surface area (Å²) >= 11 is 2.87. The minimum absolute atomic E-state index is 0.356. The van der Waals surface area contributed by atoms with Gasteiger partial charge in [-0.05, 0) is 11.4 Å². The number of nitrogens with zero attached hydrogens (tertiary/aromatic N) is 1. The first-order chi connectivity index (χ1) is 7.29. The highest BCUT2D eigenvalue weighted by molar-refractivity contribution is 7.17. The fourth-order valence-electron chi connectivity index (χ4n) is 0.986. The first kappa shape index (κ1) is 10.1. The lowest BCUT2D eigenvalue weighted by molar-refractivity contribution is 0.0606. The molecule has 0 amide bonds. The number of rotatable bonds is 3. The number of hydrogen-bond acceptors (Lipinski definition) is 6. The predicted molar refractivity (Wildman–Crippen MR) is 61.1 cm³/mol. The average molecular weight is 240 g/mol. The lowest BCUT2D eigenvalue weighted by Gasteiger charge is -1.96. The van der Waals surface area contributed by atoms with Crippen LogP contribution in [0.2, 0.25) is 0 Å². The zero-order chi connectivity index (χ0) is 10.7. The molecule has 0 saturated carbocycles. The summed E-state index contributed by atoms with van der Waals surface area (Å²) in [5, 5.41) is 7.72. The zero-order valence-corrected chi connectivity index (χ0v) is 9.52. The molecule has 0 atom stereocenters. The van der Waals surface area contributed by atoms with E-state index >= 15 is 0 Å². The van der Waals surface area contributed by atoms with Crippen molar-refractivity contribution in [1.29, 1.82) is 0 Å². The second kappa shape index (κ2) is 4.41. The molecule has 0 saturated heterocycles. The first-order valence-electron chi connectivity index (χ1n) is 4.13. The summed E-state index contributed by atoms with van der Waals surface area (Å²) in [6.45, 7) is 0. The van der Waals surface area contributed by atoms with E-state index in [9.17, 15) is 4.79 Å². The number of nitrogens with one attached hydrogen (secondary N) is 1. The summed E-state index contributed by atoms with van der Waals surface area (Å²) in [5.74, 6) is -0.356. The third-order valence-electron chi connectivity index (χ3n) is 1.66. The van der Waals surface area contributed by atoms with Gasteiger partial charge in [-0.25, -0.2) is 9.78 Å². The van der Waals surface area contributed by atoms with Crippen molar-refractivity contribution >= 4 is 39.5 Å². The molecule has 2 rings (SSSR count). The fraction of sp³-hybridized carbons (Fsp3) is 0.111. The van der Waals surface area contributed by atoms with E-state index in [4.69, 9.17) is 0 Å². The van der Waals surface area contributed by atoms with E-state index in [0.717, 1.165) is 5.69 Å². The number of anilines is 2. The van der Waals surface area contributed by atoms with Crippen LogP contribution in [-0.4, -0.2) is 18.1 Å². The Morgan fingerprint density at radius 1 is 1.60 bits per heavy atom. The van der Waals surface area contributed by atoms with Gasteiger partial charge in [-0.1, -0.05) is 11.3 Å². The lowest BCUT2D eigenvalue weighted by Crippen LogP contribution is -1.96. The molecule has 0 spiro atoms. The number of carbonyl (C=O) groups excluding carboxylic acids is 1. The molecule has 0 unspecified atom stereocenters. The molecule has 0 bridgehead atoms. The standard InChI is InChI=1S/C9H8N2O2S2/c1-13-8(12)7-4-10-9(15-7)11-6-2-3-14-5-6/h2-5H,1H3,(H,10,11). The third-order valence-corrected chi connectivity index (χ3v) is 3.24. The molecule has 0 aliphatic heterocycles. The Morgan fingerprint density at radius 2 is 2.47 bits per heavy atom. The Balaban J connectivity index is 2.11. The van der Waals surface area contributed by atoms with Gasteiger partial charge in [0.2, 0.25) is 0 Å². The van der Waals surface area contributed by atoms with Crippen molar-refractivity contribution in [2.45, 2.75) is 0 Å². The van der Waals surface area contributed by atoms with E-state index in [-0.39, 0.29) is 5.97 Å². The molecule has 6 heteroatoms. The minimum atomic E-state index is -0.356. The van der Waals surface area contributed by atoms with E-state index in [0.29, 0.717) is 10.0 Å². The van der Waals surface area contributed by atoms with Gasteiger partial charge in [0.15, 0.2) is 5.13 Å². The van der Waals surface area contributed by atoms with Crippen LogP contribution in [0.1, 0.15) is 9.67 Å². The molecule has 0 aliphatic carbocycles. The maximum atomic E-state index is 11.2. The highest BCUT2D eigenvalue weighted by Crippen LogP contribution is 2.24. The Hall–Kier alpha value is -1.40. The molecule has 0 radical (unpaired) electrons. The van der Waals surface area contributed by atoms with Crippen molar-refractivity contribution in [3.8, 4) is 0 Å². The largest absolute Gasteiger partial charge is 0.465 e. The predicted octanol–water partition coefficient (Wildman–Crippen LogP) is 2.73. The molecule has 0 aliphatic rings. The number of esters is 1. The molecule has 2 heterocycles. The molecule has 15 heavy (non-hydrogen) atoms. The summed E-state index contributed by atoms with van der Waals surface area (Å²) in [7, 11) is 1.36. The fourth-order valence-corrected chi connectivity index (χ4v) is 2.33. The van der Waals surface area contributed by atoms with Crippen molar-refractivity contribution in [3.05, 3.63) is 27.9 Å². The molecule has 78 valence electrons. The van der Waals surface area contributed by atoms with Crippen LogP contribution in [0, 0.1) is 0 Å². The number of aromatic nitrogens is 1. The topological polar surface area (TPSA) is 51.2 Å². The van der Waals surface area contributed by atoms with Gasteiger partial charge in [0.05, 0.1) is 19.0 Å². The minimum Gasteiger partial charge on any atom is -0.465 e. The van der Waals surface area contributed by atoms with Gasteiger partial charge in [0, 0.05) is 5.38 Å². The van der Waals surface area contributed by atoms with Crippen LogP contribution >= 0.6 is 22.7 Å². The van der Waals surface area contributed by atoms with Crippen LogP contribution in [0.3, 0.4) is 0 Å². The summed E-state index contributed by atoms with van der Waals surface area (Å²) < 4.78 is 4.59. The van der Waals surface area contributed by atoms with Gasteiger partial charge in [-0.3, -0.25) is 0 Å². The summed E-state index contributed by atoms with van der Waals surface area (Å²) in [6, 6.07) is 1.95. The quantitative estimate of drug-likeness (QED) is 0.838. The average Bonchev–Trinajstić information content (AvgIpc) is 2.88. The van der Waals surface area contributed by atoms with E-state index in [1.807, 2.05) is 16.8 Å². The molecule has 0 fully saturated rings. The number of carbonyl (C=O) groups is 1. The molecule has 1 N–H and O–H groups in total. The second-order valence-electron chi connectivity index (χ2n) is 2.66. The van der Waals surface area contributed by atoms with Gasteiger partial charge >= 0.3 is 5.97 Å². The normalized spacial score (nSPS) is 9.93. The van der Waals surface area contributed by atoms with E-state index in [1.165, 1.54) is 24.6 Å². The van der Waals surface area contributed by atoms with Crippen molar-refractivity contribution in [3.63, 3.8) is 0 Å². The maximum Gasteiger partial charge on any atom is 0.349 e. The second-order valence-corrected chi connectivity index (χ2v) is 4.47. The monoisotopic (exact) mass is 240 g/mol. The number of methoxy groups -OCH3 is 1. The van der Waals surface area contributed by atoms with Crippen LogP contribution in [0.4, 0.5) is 10.8 Å². The van der Waals surface area contributed by atoms with E-state index < -0.39 is 0 Å². The number of ether oxygens (including phenoxy) is 1. The maximum absolute atomic E-state index is 11.2. The Kier molecular flexibility index (Phi) is 2.98. The van der Waals surface area contributed by atoms with Gasteiger partial charge in [-0.2, -0.15) is 11.3 Å². The van der Waals surface area contributed by atoms with Crippen LogP contribution in [-0.2, 0) is 4.74 Å². The van der Waals surface area contributed by atoms with Crippen LogP contribution in [0.5, 0.6) is 0 Å².